The average molecular weight is 461 g/mol. The molecule has 0 heterocycles. The molecule has 3 aromatic carbocycles. The number of rotatable bonds is 8. The lowest BCUT2D eigenvalue weighted by atomic mass is 9.96. The van der Waals surface area contributed by atoms with Gasteiger partial charge in [0.05, 0.1) is 5.83 Å². The minimum absolute atomic E-state index is 0.0591. The predicted molar refractivity (Wildman–Crippen MR) is 143 cm³/mol. The van der Waals surface area contributed by atoms with E-state index in [4.69, 9.17) is 0 Å². The van der Waals surface area contributed by atoms with Gasteiger partial charge in [0, 0.05) is 0 Å². The maximum Gasteiger partial charge on any atom is 0.123 e. The van der Waals surface area contributed by atoms with Crippen molar-refractivity contribution in [1.82, 2.24) is 0 Å². The lowest BCUT2D eigenvalue weighted by Gasteiger charge is -2.09. The fraction of sp³-hybridized carbons (Fsp3) is 0.312. The second-order valence-electron chi connectivity index (χ2n) is 9.13. The molecule has 180 valence electrons. The Hall–Kier alpha value is -3.00. The molecule has 0 amide bonds. The van der Waals surface area contributed by atoms with Gasteiger partial charge in [-0.1, -0.05) is 99.5 Å². The fourth-order valence-electron chi connectivity index (χ4n) is 3.41. The number of allylic oxidation sites excluding steroid dienone is 4. The second-order valence-corrected chi connectivity index (χ2v) is 9.13. The SMILES string of the molecule is CC/C(F)=C\C=C(C)C.CCC(C)Cc1ccc(-c2ccc(Cc3ccc(F)cc3)cc2)cc1. The fourth-order valence-corrected chi connectivity index (χ4v) is 3.41. The molecule has 0 aliphatic carbocycles. The normalized spacial score (nSPS) is 11.9. The number of hydrogen-bond acceptors (Lipinski definition) is 0. The molecule has 0 N–H and O–H groups in total. The van der Waals surface area contributed by atoms with Crippen molar-refractivity contribution in [3.63, 3.8) is 0 Å². The van der Waals surface area contributed by atoms with Gasteiger partial charge in [0.1, 0.15) is 5.82 Å². The van der Waals surface area contributed by atoms with Crippen molar-refractivity contribution in [3.05, 3.63) is 119 Å². The lowest BCUT2D eigenvalue weighted by Crippen LogP contribution is -1.97. The van der Waals surface area contributed by atoms with E-state index in [9.17, 15) is 8.78 Å². The summed E-state index contributed by atoms with van der Waals surface area (Å²) in [5, 5.41) is 0. The molecule has 3 rings (SSSR count). The van der Waals surface area contributed by atoms with E-state index in [-0.39, 0.29) is 11.6 Å². The van der Waals surface area contributed by atoms with Crippen molar-refractivity contribution in [1.29, 1.82) is 0 Å². The van der Waals surface area contributed by atoms with Crippen LogP contribution in [-0.4, -0.2) is 0 Å². The number of halogens is 2. The van der Waals surface area contributed by atoms with Gasteiger partial charge >= 0.3 is 0 Å². The third-order valence-corrected chi connectivity index (χ3v) is 5.78. The van der Waals surface area contributed by atoms with Gasteiger partial charge < -0.3 is 0 Å². The van der Waals surface area contributed by atoms with Crippen LogP contribution in [0.3, 0.4) is 0 Å². The van der Waals surface area contributed by atoms with Crippen molar-refractivity contribution in [2.75, 3.05) is 0 Å². The van der Waals surface area contributed by atoms with E-state index in [1.54, 1.807) is 13.0 Å². The highest BCUT2D eigenvalue weighted by atomic mass is 19.1. The molecule has 0 saturated heterocycles. The summed E-state index contributed by atoms with van der Waals surface area (Å²) in [5.41, 5.74) is 7.39. The summed E-state index contributed by atoms with van der Waals surface area (Å²) < 4.78 is 25.3. The summed E-state index contributed by atoms with van der Waals surface area (Å²) in [5.74, 6) is 0.490. The average Bonchev–Trinajstić information content (AvgIpc) is 2.85. The summed E-state index contributed by atoms with van der Waals surface area (Å²) >= 11 is 0. The molecule has 0 bridgehead atoms. The van der Waals surface area contributed by atoms with E-state index in [0.29, 0.717) is 6.42 Å². The molecule has 0 aliphatic rings. The Morgan fingerprint density at radius 3 is 1.65 bits per heavy atom. The standard InChI is InChI=1S/C24H25F.C8H13F/c1-3-18(2)16-19-4-10-22(11-5-19)23-12-6-20(7-13-23)17-21-8-14-24(25)15-9-21;1-4-8(9)6-5-7(2)3/h4-15,18H,3,16-17H2,1-2H3;5-6H,4H2,1-3H3/b;8-6+. The first-order chi connectivity index (χ1) is 16.3. The molecule has 0 nitrogen and oxygen atoms in total. The first-order valence-corrected chi connectivity index (χ1v) is 12.2. The Kier molecular flexibility index (Phi) is 11.5. The first kappa shape index (κ1) is 27.2. The minimum atomic E-state index is -0.184. The van der Waals surface area contributed by atoms with Gasteiger partial charge in [0.15, 0.2) is 0 Å². The summed E-state index contributed by atoms with van der Waals surface area (Å²) in [6, 6.07) is 24.3. The van der Waals surface area contributed by atoms with E-state index in [1.165, 1.54) is 46.9 Å². The molecule has 0 radical (unpaired) electrons. The summed E-state index contributed by atoms with van der Waals surface area (Å²) in [6.45, 7) is 10.2. The van der Waals surface area contributed by atoms with E-state index in [2.05, 4.69) is 62.4 Å². The Balaban J connectivity index is 0.000000387. The van der Waals surface area contributed by atoms with Gasteiger partial charge in [0.25, 0.3) is 0 Å². The summed E-state index contributed by atoms with van der Waals surface area (Å²) in [7, 11) is 0. The van der Waals surface area contributed by atoms with E-state index >= 15 is 0 Å². The molecule has 1 atom stereocenters. The number of hydrogen-bond donors (Lipinski definition) is 0. The maximum absolute atomic E-state index is 13.0. The molecule has 3 aromatic rings. The Labute approximate surface area is 205 Å². The molecular weight excluding hydrogens is 422 g/mol. The van der Waals surface area contributed by atoms with Crippen LogP contribution in [0.25, 0.3) is 11.1 Å². The molecule has 34 heavy (non-hydrogen) atoms. The molecule has 0 spiro atoms. The van der Waals surface area contributed by atoms with E-state index in [0.717, 1.165) is 29.9 Å². The first-order valence-electron chi connectivity index (χ1n) is 12.2. The van der Waals surface area contributed by atoms with Gasteiger partial charge in [-0.15, -0.1) is 0 Å². The van der Waals surface area contributed by atoms with E-state index < -0.39 is 0 Å². The van der Waals surface area contributed by atoms with Gasteiger partial charge in [-0.05, 0) is 85.1 Å². The van der Waals surface area contributed by atoms with Crippen LogP contribution in [0.4, 0.5) is 8.78 Å². The van der Waals surface area contributed by atoms with Crippen molar-refractivity contribution in [2.24, 2.45) is 5.92 Å². The van der Waals surface area contributed by atoms with Crippen LogP contribution in [0.1, 0.15) is 64.2 Å². The third-order valence-electron chi connectivity index (χ3n) is 5.78. The molecule has 2 heteroatoms. The Morgan fingerprint density at radius 2 is 1.21 bits per heavy atom. The minimum Gasteiger partial charge on any atom is -0.212 e. The van der Waals surface area contributed by atoms with Crippen molar-refractivity contribution < 1.29 is 8.78 Å². The highest BCUT2D eigenvalue weighted by Gasteiger charge is 2.03. The van der Waals surface area contributed by atoms with Crippen LogP contribution >= 0.6 is 0 Å². The van der Waals surface area contributed by atoms with Gasteiger partial charge in [-0.25, -0.2) is 8.78 Å². The monoisotopic (exact) mass is 460 g/mol. The molecule has 0 fully saturated rings. The van der Waals surface area contributed by atoms with E-state index in [1.807, 2.05) is 26.0 Å². The number of benzene rings is 3. The quantitative estimate of drug-likeness (QED) is 0.293. The second kappa shape index (κ2) is 14.3. The molecule has 0 saturated carbocycles. The molecule has 1 unspecified atom stereocenters. The van der Waals surface area contributed by atoms with Gasteiger partial charge in [-0.3, -0.25) is 0 Å². The lowest BCUT2D eigenvalue weighted by molar-refractivity contribution is 0.560. The molecule has 0 aliphatic heterocycles. The highest BCUT2D eigenvalue weighted by Crippen LogP contribution is 2.22. The van der Waals surface area contributed by atoms with Crippen LogP contribution < -0.4 is 0 Å². The van der Waals surface area contributed by atoms with Gasteiger partial charge in [-0.2, -0.15) is 0 Å². The zero-order valence-corrected chi connectivity index (χ0v) is 21.2. The van der Waals surface area contributed by atoms with Gasteiger partial charge in [0.2, 0.25) is 0 Å². The summed E-state index contributed by atoms with van der Waals surface area (Å²) in [6.07, 6.45) is 6.97. The van der Waals surface area contributed by atoms with Crippen molar-refractivity contribution in [2.45, 2.75) is 60.3 Å². The summed E-state index contributed by atoms with van der Waals surface area (Å²) in [4.78, 5) is 0. The zero-order chi connectivity index (χ0) is 24.9. The van der Waals surface area contributed by atoms with Crippen molar-refractivity contribution in [3.8, 4) is 11.1 Å². The maximum atomic E-state index is 13.0. The van der Waals surface area contributed by atoms with Crippen LogP contribution in [0, 0.1) is 11.7 Å². The predicted octanol–water partition coefficient (Wildman–Crippen LogP) is 9.89. The zero-order valence-electron chi connectivity index (χ0n) is 21.2. The topological polar surface area (TPSA) is 0 Å². The third kappa shape index (κ3) is 9.87. The molecular formula is C32H38F2. The largest absolute Gasteiger partial charge is 0.212 e. The highest BCUT2D eigenvalue weighted by molar-refractivity contribution is 5.64. The van der Waals surface area contributed by atoms with Crippen molar-refractivity contribution >= 4 is 0 Å². The van der Waals surface area contributed by atoms with Crippen LogP contribution in [0.2, 0.25) is 0 Å². The van der Waals surface area contributed by atoms with Crippen LogP contribution in [0.15, 0.2) is 96.3 Å². The van der Waals surface area contributed by atoms with Crippen LogP contribution in [0.5, 0.6) is 0 Å². The Morgan fingerprint density at radius 1 is 0.735 bits per heavy atom. The molecule has 0 aromatic heterocycles. The smallest absolute Gasteiger partial charge is 0.123 e. The van der Waals surface area contributed by atoms with Crippen LogP contribution in [-0.2, 0) is 12.8 Å². The Bertz CT molecular complexity index is 1040.